The summed E-state index contributed by atoms with van der Waals surface area (Å²) in [6.07, 6.45) is 9.73. The van der Waals surface area contributed by atoms with E-state index in [4.69, 9.17) is 4.74 Å². The molecule has 0 spiro atoms. The minimum atomic E-state index is -1.08. The maximum atomic E-state index is 11.5. The molecular weight excluding hydrogens is 256 g/mol. The Bertz CT molecular complexity index is 318. The first-order valence-electron chi connectivity index (χ1n) is 7.60. The molecule has 0 aromatic carbocycles. The van der Waals surface area contributed by atoms with Crippen LogP contribution in [-0.2, 0) is 9.53 Å². The van der Waals surface area contributed by atoms with Crippen LogP contribution < -0.4 is 0 Å². The van der Waals surface area contributed by atoms with Gasteiger partial charge >= 0.3 is 5.97 Å². The van der Waals surface area contributed by atoms with E-state index in [0.29, 0.717) is 0 Å². The Morgan fingerprint density at radius 1 is 1.25 bits per heavy atom. The molecule has 2 unspecified atom stereocenters. The van der Waals surface area contributed by atoms with Crippen molar-refractivity contribution < 1.29 is 14.6 Å². The van der Waals surface area contributed by atoms with Crippen LogP contribution in [0.5, 0.6) is 0 Å². The first-order valence-corrected chi connectivity index (χ1v) is 7.60. The normalized spacial score (nSPS) is 19.5. The van der Waals surface area contributed by atoms with E-state index in [0.717, 1.165) is 13.0 Å². The molecule has 1 heterocycles. The first kappa shape index (κ1) is 16.8. The molecule has 0 amide bonds. The lowest BCUT2D eigenvalue weighted by atomic mass is 10.1. The molecule has 1 aliphatic rings. The van der Waals surface area contributed by atoms with Crippen LogP contribution in [-0.4, -0.2) is 46.9 Å². The standard InChI is InChI=1S/C15H28N2O3/c1-4-5-6-7-8-9-10-17-12-11-16(3)15(17)20-14(19)13(2)18/h11-13,15,18H,4-10H2,1-3H3. The fourth-order valence-electron chi connectivity index (χ4n) is 2.18. The van der Waals surface area contributed by atoms with Gasteiger partial charge in [-0.25, -0.2) is 4.79 Å². The highest BCUT2D eigenvalue weighted by atomic mass is 16.6. The molecule has 1 N–H and O–H groups in total. The minimum absolute atomic E-state index is 0.423. The minimum Gasteiger partial charge on any atom is -0.420 e. The molecule has 0 saturated heterocycles. The molecule has 0 aromatic rings. The molecule has 20 heavy (non-hydrogen) atoms. The van der Waals surface area contributed by atoms with Crippen LogP contribution in [0.2, 0.25) is 0 Å². The van der Waals surface area contributed by atoms with E-state index in [-0.39, 0.29) is 0 Å². The SMILES string of the molecule is CCCCCCCCN1C=CN(C)C1OC(=O)C(C)O. The predicted octanol–water partition coefficient (Wildman–Crippen LogP) is 2.27. The largest absolute Gasteiger partial charge is 0.420 e. The number of rotatable bonds is 9. The molecule has 0 bridgehead atoms. The average molecular weight is 284 g/mol. The summed E-state index contributed by atoms with van der Waals surface area (Å²) in [7, 11) is 1.86. The second-order valence-electron chi connectivity index (χ2n) is 5.41. The molecule has 5 heteroatoms. The lowest BCUT2D eigenvalue weighted by Crippen LogP contribution is -2.42. The number of carbonyl (C=O) groups is 1. The molecule has 5 nitrogen and oxygen atoms in total. The molecule has 0 saturated carbocycles. The van der Waals surface area contributed by atoms with Crippen molar-refractivity contribution in [3.63, 3.8) is 0 Å². The van der Waals surface area contributed by atoms with Gasteiger partial charge in [-0.3, -0.25) is 0 Å². The predicted molar refractivity (Wildman–Crippen MR) is 78.5 cm³/mol. The second kappa shape index (κ2) is 8.84. The van der Waals surface area contributed by atoms with E-state index in [1.54, 1.807) is 0 Å². The molecule has 2 atom stereocenters. The highest BCUT2D eigenvalue weighted by Crippen LogP contribution is 2.17. The van der Waals surface area contributed by atoms with Gasteiger partial charge in [-0.1, -0.05) is 39.0 Å². The zero-order valence-corrected chi connectivity index (χ0v) is 12.9. The molecule has 0 radical (unpaired) electrons. The number of aliphatic hydroxyl groups is 1. The van der Waals surface area contributed by atoms with Crippen LogP contribution in [0.4, 0.5) is 0 Å². The van der Waals surface area contributed by atoms with E-state index >= 15 is 0 Å². The van der Waals surface area contributed by atoms with Gasteiger partial charge in [0.15, 0.2) is 0 Å². The fourth-order valence-corrected chi connectivity index (χ4v) is 2.18. The third-order valence-corrected chi connectivity index (χ3v) is 3.46. The molecule has 1 rings (SSSR count). The summed E-state index contributed by atoms with van der Waals surface area (Å²) in [5, 5.41) is 9.22. The van der Waals surface area contributed by atoms with Crippen molar-refractivity contribution in [3.05, 3.63) is 12.4 Å². The number of hydrogen-bond donors (Lipinski definition) is 1. The maximum Gasteiger partial charge on any atom is 0.337 e. The van der Waals surface area contributed by atoms with Crippen molar-refractivity contribution in [2.24, 2.45) is 0 Å². The fraction of sp³-hybridized carbons (Fsp3) is 0.800. The Morgan fingerprint density at radius 2 is 1.90 bits per heavy atom. The summed E-state index contributed by atoms with van der Waals surface area (Å²) in [6, 6.07) is 0. The number of ether oxygens (including phenoxy) is 1. The second-order valence-corrected chi connectivity index (χ2v) is 5.41. The molecule has 0 aromatic heterocycles. The smallest absolute Gasteiger partial charge is 0.337 e. The van der Waals surface area contributed by atoms with Crippen molar-refractivity contribution >= 4 is 5.97 Å². The van der Waals surface area contributed by atoms with Crippen LogP contribution in [0, 0.1) is 0 Å². The van der Waals surface area contributed by atoms with Gasteiger partial charge in [0.2, 0.25) is 0 Å². The van der Waals surface area contributed by atoms with Crippen molar-refractivity contribution in [3.8, 4) is 0 Å². The third kappa shape index (κ3) is 5.41. The number of carbonyl (C=O) groups excluding carboxylic acids is 1. The lowest BCUT2D eigenvalue weighted by molar-refractivity contribution is -0.175. The van der Waals surface area contributed by atoms with Gasteiger partial charge in [-0.2, -0.15) is 0 Å². The van der Waals surface area contributed by atoms with E-state index in [9.17, 15) is 9.90 Å². The molecule has 0 aliphatic carbocycles. The Kier molecular flexibility index (Phi) is 7.44. The Morgan fingerprint density at radius 3 is 2.55 bits per heavy atom. The molecular formula is C15H28N2O3. The number of unbranched alkanes of at least 4 members (excludes halogenated alkanes) is 5. The average Bonchev–Trinajstić information content (AvgIpc) is 2.75. The summed E-state index contributed by atoms with van der Waals surface area (Å²) in [5.41, 5.74) is 0. The first-order chi connectivity index (χ1) is 9.56. The van der Waals surface area contributed by atoms with E-state index in [2.05, 4.69) is 6.92 Å². The van der Waals surface area contributed by atoms with Crippen LogP contribution >= 0.6 is 0 Å². The third-order valence-electron chi connectivity index (χ3n) is 3.46. The number of nitrogens with zero attached hydrogens (tertiary/aromatic N) is 2. The van der Waals surface area contributed by atoms with E-state index in [1.165, 1.54) is 39.0 Å². The topological polar surface area (TPSA) is 53.0 Å². The van der Waals surface area contributed by atoms with Crippen LogP contribution in [0.1, 0.15) is 52.4 Å². The van der Waals surface area contributed by atoms with Gasteiger partial charge < -0.3 is 19.6 Å². The summed E-state index contributed by atoms with van der Waals surface area (Å²) >= 11 is 0. The summed E-state index contributed by atoms with van der Waals surface area (Å²) in [5.74, 6) is -0.585. The quantitative estimate of drug-likeness (QED) is 0.520. The summed E-state index contributed by atoms with van der Waals surface area (Å²) in [6.45, 7) is 4.50. The van der Waals surface area contributed by atoms with Gasteiger partial charge in [0.1, 0.15) is 6.10 Å². The Balaban J connectivity index is 2.28. The van der Waals surface area contributed by atoms with Gasteiger partial charge in [0, 0.05) is 26.0 Å². The van der Waals surface area contributed by atoms with Crippen LogP contribution in [0.3, 0.4) is 0 Å². The van der Waals surface area contributed by atoms with Gasteiger partial charge in [0.05, 0.1) is 0 Å². The highest BCUT2D eigenvalue weighted by molar-refractivity contribution is 5.73. The molecule has 0 fully saturated rings. The van der Waals surface area contributed by atoms with E-state index in [1.807, 2.05) is 29.2 Å². The zero-order chi connectivity index (χ0) is 15.0. The number of esters is 1. The lowest BCUT2D eigenvalue weighted by Gasteiger charge is -2.30. The monoisotopic (exact) mass is 284 g/mol. The summed E-state index contributed by atoms with van der Waals surface area (Å²) < 4.78 is 5.29. The maximum absolute atomic E-state index is 11.5. The van der Waals surface area contributed by atoms with Crippen molar-refractivity contribution in [1.29, 1.82) is 0 Å². The van der Waals surface area contributed by atoms with Crippen molar-refractivity contribution in [1.82, 2.24) is 9.80 Å². The number of hydrogen-bond acceptors (Lipinski definition) is 5. The van der Waals surface area contributed by atoms with Crippen molar-refractivity contribution in [2.75, 3.05) is 13.6 Å². The van der Waals surface area contributed by atoms with E-state index < -0.39 is 18.4 Å². The van der Waals surface area contributed by atoms with Crippen LogP contribution in [0.15, 0.2) is 12.4 Å². The molecule has 1 aliphatic heterocycles. The Labute approximate surface area is 122 Å². The van der Waals surface area contributed by atoms with Gasteiger partial charge in [-0.05, 0) is 13.3 Å². The summed E-state index contributed by atoms with van der Waals surface area (Å²) in [4.78, 5) is 15.3. The van der Waals surface area contributed by atoms with Gasteiger partial charge in [0.25, 0.3) is 6.35 Å². The highest BCUT2D eigenvalue weighted by Gasteiger charge is 2.28. The Hall–Kier alpha value is -1.23. The van der Waals surface area contributed by atoms with Crippen LogP contribution in [0.25, 0.3) is 0 Å². The number of aliphatic hydroxyl groups excluding tert-OH is 1. The molecule has 116 valence electrons. The zero-order valence-electron chi connectivity index (χ0n) is 12.9. The van der Waals surface area contributed by atoms with Gasteiger partial charge in [-0.15, -0.1) is 0 Å². The van der Waals surface area contributed by atoms with Crippen molar-refractivity contribution in [2.45, 2.75) is 64.8 Å².